The maximum atomic E-state index is 12.1. The quantitative estimate of drug-likeness (QED) is 0.683. The van der Waals surface area contributed by atoms with Crippen LogP contribution in [-0.4, -0.2) is 56.2 Å². The Kier molecular flexibility index (Phi) is 6.71. The summed E-state index contributed by atoms with van der Waals surface area (Å²) >= 11 is 0. The molecule has 0 atom stereocenters. The molecule has 4 amide bonds. The minimum absolute atomic E-state index is 0.0971. The zero-order chi connectivity index (χ0) is 18.2. The summed E-state index contributed by atoms with van der Waals surface area (Å²) in [6.07, 6.45) is 6.23. The van der Waals surface area contributed by atoms with Gasteiger partial charge in [-0.25, -0.2) is 9.59 Å². The molecule has 1 aromatic rings. The van der Waals surface area contributed by atoms with Gasteiger partial charge in [-0.1, -0.05) is 18.9 Å². The molecule has 0 aliphatic carbocycles. The molecule has 0 bridgehead atoms. The number of urea groups is 2. The van der Waals surface area contributed by atoms with E-state index < -0.39 is 0 Å². The fraction of sp³-hybridized carbons (Fsp3) is 0.579. The molecule has 0 unspecified atom stereocenters. The van der Waals surface area contributed by atoms with Crippen molar-refractivity contribution in [3.8, 4) is 0 Å². The summed E-state index contributed by atoms with van der Waals surface area (Å²) in [6, 6.07) is 7.06. The Labute approximate surface area is 155 Å². The van der Waals surface area contributed by atoms with Crippen molar-refractivity contribution in [1.82, 2.24) is 15.5 Å². The van der Waals surface area contributed by atoms with Gasteiger partial charge in [-0.3, -0.25) is 4.90 Å². The predicted molar refractivity (Wildman–Crippen MR) is 104 cm³/mol. The maximum absolute atomic E-state index is 12.1. The molecule has 3 N–H and O–H groups in total. The number of benzene rings is 1. The molecule has 142 valence electrons. The van der Waals surface area contributed by atoms with Crippen LogP contribution in [0.15, 0.2) is 24.3 Å². The Hall–Kier alpha value is -2.28. The summed E-state index contributed by atoms with van der Waals surface area (Å²) in [6.45, 7) is 5.36. The highest BCUT2D eigenvalue weighted by atomic mass is 16.2. The summed E-state index contributed by atoms with van der Waals surface area (Å²) in [5.74, 6) is 0. The lowest BCUT2D eigenvalue weighted by molar-refractivity contribution is 0.249. The third-order valence-electron chi connectivity index (χ3n) is 4.91. The zero-order valence-corrected chi connectivity index (χ0v) is 15.3. The van der Waals surface area contributed by atoms with Crippen molar-refractivity contribution in [1.29, 1.82) is 0 Å². The first-order valence-corrected chi connectivity index (χ1v) is 9.65. The number of hydrogen-bond acceptors (Lipinski definition) is 3. The van der Waals surface area contributed by atoms with Gasteiger partial charge < -0.3 is 20.9 Å². The summed E-state index contributed by atoms with van der Waals surface area (Å²) in [5, 5.41) is 8.54. The molecule has 7 nitrogen and oxygen atoms in total. The van der Waals surface area contributed by atoms with E-state index in [0.29, 0.717) is 25.3 Å². The summed E-state index contributed by atoms with van der Waals surface area (Å²) < 4.78 is 0. The van der Waals surface area contributed by atoms with Crippen molar-refractivity contribution in [3.05, 3.63) is 24.3 Å². The van der Waals surface area contributed by atoms with Gasteiger partial charge in [0.25, 0.3) is 0 Å². The summed E-state index contributed by atoms with van der Waals surface area (Å²) in [5.41, 5.74) is 1.48. The molecule has 0 spiro atoms. The number of rotatable bonds is 6. The number of nitrogens with one attached hydrogen (secondary N) is 3. The van der Waals surface area contributed by atoms with Crippen LogP contribution in [0, 0.1) is 0 Å². The van der Waals surface area contributed by atoms with Crippen LogP contribution in [0.2, 0.25) is 0 Å². The minimum atomic E-state index is -0.205. The van der Waals surface area contributed by atoms with E-state index in [9.17, 15) is 9.59 Å². The van der Waals surface area contributed by atoms with Gasteiger partial charge in [-0.2, -0.15) is 0 Å². The molecule has 2 fully saturated rings. The average molecular weight is 359 g/mol. The molecular formula is C19H29N5O2. The number of carbonyl (C=O) groups is 2. The van der Waals surface area contributed by atoms with E-state index in [4.69, 9.17) is 0 Å². The highest BCUT2D eigenvalue weighted by Crippen LogP contribution is 2.20. The Balaban J connectivity index is 1.40. The third-order valence-corrected chi connectivity index (χ3v) is 4.91. The van der Waals surface area contributed by atoms with Crippen LogP contribution < -0.4 is 20.9 Å². The molecular weight excluding hydrogens is 330 g/mol. The van der Waals surface area contributed by atoms with Gasteiger partial charge >= 0.3 is 12.1 Å². The van der Waals surface area contributed by atoms with Gasteiger partial charge in [0.15, 0.2) is 0 Å². The molecule has 2 aliphatic rings. The number of carbonyl (C=O) groups excluding carboxylic acids is 2. The lowest BCUT2D eigenvalue weighted by Gasteiger charge is -2.19. The molecule has 26 heavy (non-hydrogen) atoms. The van der Waals surface area contributed by atoms with Crippen LogP contribution in [0.3, 0.4) is 0 Å². The van der Waals surface area contributed by atoms with Gasteiger partial charge in [0.1, 0.15) is 0 Å². The number of nitrogens with zero attached hydrogens (tertiary/aromatic N) is 2. The minimum Gasteiger partial charge on any atom is -0.338 e. The van der Waals surface area contributed by atoms with Crippen LogP contribution in [0.25, 0.3) is 0 Å². The van der Waals surface area contributed by atoms with Gasteiger partial charge in [-0.05, 0) is 57.1 Å². The third kappa shape index (κ3) is 5.36. The van der Waals surface area contributed by atoms with Gasteiger partial charge in [0, 0.05) is 31.0 Å². The molecule has 7 heteroatoms. The second kappa shape index (κ2) is 9.43. The first-order chi connectivity index (χ1) is 12.7. The van der Waals surface area contributed by atoms with Gasteiger partial charge in [0.2, 0.25) is 0 Å². The second-order valence-electron chi connectivity index (χ2n) is 6.92. The SMILES string of the molecule is O=C(NCCCN1CCCCCC1)Nc1cccc(N2CCNC2=O)c1. The number of anilines is 2. The Morgan fingerprint density at radius 1 is 1.12 bits per heavy atom. The van der Waals surface area contributed by atoms with Crippen molar-refractivity contribution >= 4 is 23.4 Å². The second-order valence-corrected chi connectivity index (χ2v) is 6.92. The van der Waals surface area contributed by atoms with E-state index in [1.54, 1.807) is 4.90 Å². The van der Waals surface area contributed by atoms with E-state index in [1.807, 2.05) is 24.3 Å². The average Bonchev–Trinajstić information content (AvgIpc) is 2.90. The fourth-order valence-corrected chi connectivity index (χ4v) is 3.51. The molecule has 0 radical (unpaired) electrons. The lowest BCUT2D eigenvalue weighted by Crippen LogP contribution is -2.33. The molecule has 2 heterocycles. The van der Waals surface area contributed by atoms with E-state index >= 15 is 0 Å². The van der Waals surface area contributed by atoms with Gasteiger partial charge in [-0.15, -0.1) is 0 Å². The van der Waals surface area contributed by atoms with E-state index in [1.165, 1.54) is 38.8 Å². The fourth-order valence-electron chi connectivity index (χ4n) is 3.51. The van der Waals surface area contributed by atoms with Crippen molar-refractivity contribution in [2.45, 2.75) is 32.1 Å². The van der Waals surface area contributed by atoms with E-state index in [0.717, 1.165) is 18.7 Å². The smallest absolute Gasteiger partial charge is 0.321 e. The molecule has 0 aromatic heterocycles. The first-order valence-electron chi connectivity index (χ1n) is 9.65. The Morgan fingerprint density at radius 3 is 2.65 bits per heavy atom. The Bertz CT molecular complexity index is 614. The van der Waals surface area contributed by atoms with Crippen LogP contribution in [0.4, 0.5) is 21.0 Å². The number of amides is 4. The molecule has 3 rings (SSSR count). The highest BCUT2D eigenvalue weighted by molar-refractivity contribution is 5.95. The van der Waals surface area contributed by atoms with Crippen LogP contribution in [0.5, 0.6) is 0 Å². The van der Waals surface area contributed by atoms with Crippen molar-refractivity contribution < 1.29 is 9.59 Å². The van der Waals surface area contributed by atoms with Crippen molar-refractivity contribution in [2.75, 3.05) is 49.5 Å². The molecule has 2 saturated heterocycles. The maximum Gasteiger partial charge on any atom is 0.321 e. The monoisotopic (exact) mass is 359 g/mol. The van der Waals surface area contributed by atoms with E-state index in [2.05, 4.69) is 20.9 Å². The topological polar surface area (TPSA) is 76.7 Å². The summed E-state index contributed by atoms with van der Waals surface area (Å²) in [7, 11) is 0. The van der Waals surface area contributed by atoms with Crippen LogP contribution >= 0.6 is 0 Å². The highest BCUT2D eigenvalue weighted by Gasteiger charge is 2.21. The largest absolute Gasteiger partial charge is 0.338 e. The molecule has 2 aliphatic heterocycles. The van der Waals surface area contributed by atoms with Crippen LogP contribution in [0.1, 0.15) is 32.1 Å². The normalized spacial score (nSPS) is 18.3. The lowest BCUT2D eigenvalue weighted by atomic mass is 10.2. The first kappa shape index (κ1) is 18.5. The zero-order valence-electron chi connectivity index (χ0n) is 15.3. The van der Waals surface area contributed by atoms with Crippen molar-refractivity contribution in [3.63, 3.8) is 0 Å². The van der Waals surface area contributed by atoms with E-state index in [-0.39, 0.29) is 12.1 Å². The number of likely N-dealkylation sites (tertiary alicyclic amines) is 1. The molecule has 0 saturated carbocycles. The van der Waals surface area contributed by atoms with Crippen LogP contribution in [-0.2, 0) is 0 Å². The predicted octanol–water partition coefficient (Wildman–Crippen LogP) is 2.60. The molecule has 1 aromatic carbocycles. The Morgan fingerprint density at radius 2 is 1.92 bits per heavy atom. The summed E-state index contributed by atoms with van der Waals surface area (Å²) in [4.78, 5) is 28.0. The number of hydrogen-bond donors (Lipinski definition) is 3. The van der Waals surface area contributed by atoms with Crippen molar-refractivity contribution in [2.24, 2.45) is 0 Å². The van der Waals surface area contributed by atoms with Gasteiger partial charge in [0.05, 0.1) is 0 Å². The standard InChI is InChI=1S/C19H29N5O2/c25-18(20-9-6-13-23-11-3-1-2-4-12-23)22-16-7-5-8-17(15-16)24-14-10-21-19(24)26/h5,7-8,15H,1-4,6,9-14H2,(H,21,26)(H2,20,22,25).